The standard InChI is InChI=1S/C10H9ClF3N3S/c1-5(4-10(12,13)14)15-7-6-2-3-18-8(6)17-9(11)16-7/h2-3,5H,4H2,1H3,(H,15,16,17). The van der Waals surface area contributed by atoms with Crippen LogP contribution in [0.2, 0.25) is 5.28 Å². The topological polar surface area (TPSA) is 37.8 Å². The molecule has 0 saturated carbocycles. The van der Waals surface area contributed by atoms with Gasteiger partial charge >= 0.3 is 6.18 Å². The average Bonchev–Trinajstić information content (AvgIpc) is 2.61. The molecule has 1 N–H and O–H groups in total. The Balaban J connectivity index is 2.23. The van der Waals surface area contributed by atoms with Gasteiger partial charge in [-0.15, -0.1) is 11.3 Å². The summed E-state index contributed by atoms with van der Waals surface area (Å²) in [6, 6.07) is 0.970. The van der Waals surface area contributed by atoms with E-state index in [1.165, 1.54) is 18.3 Å². The van der Waals surface area contributed by atoms with Crippen LogP contribution in [0.3, 0.4) is 0 Å². The first kappa shape index (κ1) is 13.4. The fourth-order valence-electron chi connectivity index (χ4n) is 1.57. The summed E-state index contributed by atoms with van der Waals surface area (Å²) in [6.07, 6.45) is -5.14. The van der Waals surface area contributed by atoms with Gasteiger partial charge in [0.15, 0.2) is 0 Å². The van der Waals surface area contributed by atoms with Crippen molar-refractivity contribution in [2.45, 2.75) is 25.6 Å². The van der Waals surface area contributed by atoms with E-state index in [-0.39, 0.29) is 5.28 Å². The molecular formula is C10H9ClF3N3S. The Kier molecular flexibility index (Phi) is 3.63. The van der Waals surface area contributed by atoms with Crippen LogP contribution >= 0.6 is 22.9 Å². The lowest BCUT2D eigenvalue weighted by atomic mass is 10.2. The molecule has 2 rings (SSSR count). The number of thiophene rings is 1. The number of hydrogen-bond donors (Lipinski definition) is 1. The molecule has 0 aliphatic carbocycles. The molecule has 0 radical (unpaired) electrons. The minimum Gasteiger partial charge on any atom is -0.367 e. The molecule has 3 nitrogen and oxygen atoms in total. The van der Waals surface area contributed by atoms with Gasteiger partial charge in [-0.3, -0.25) is 0 Å². The van der Waals surface area contributed by atoms with Gasteiger partial charge in [0, 0.05) is 6.04 Å². The van der Waals surface area contributed by atoms with Crippen LogP contribution < -0.4 is 5.32 Å². The number of halogens is 4. The van der Waals surface area contributed by atoms with Crippen molar-refractivity contribution in [3.63, 3.8) is 0 Å². The first-order valence-electron chi connectivity index (χ1n) is 5.09. The van der Waals surface area contributed by atoms with Crippen molar-refractivity contribution in [3.8, 4) is 0 Å². The van der Waals surface area contributed by atoms with Crippen LogP contribution in [0.1, 0.15) is 13.3 Å². The monoisotopic (exact) mass is 295 g/mol. The van der Waals surface area contributed by atoms with E-state index >= 15 is 0 Å². The van der Waals surface area contributed by atoms with Crippen LogP contribution in [0.4, 0.5) is 19.0 Å². The third-order valence-electron chi connectivity index (χ3n) is 2.22. The van der Waals surface area contributed by atoms with Gasteiger partial charge < -0.3 is 5.32 Å². The maximum absolute atomic E-state index is 12.2. The molecule has 8 heteroatoms. The molecule has 18 heavy (non-hydrogen) atoms. The highest BCUT2D eigenvalue weighted by atomic mass is 35.5. The average molecular weight is 296 g/mol. The molecule has 0 saturated heterocycles. The van der Waals surface area contributed by atoms with Crippen molar-refractivity contribution >= 4 is 39.0 Å². The lowest BCUT2D eigenvalue weighted by Gasteiger charge is -2.16. The molecule has 1 unspecified atom stereocenters. The largest absolute Gasteiger partial charge is 0.391 e. The van der Waals surface area contributed by atoms with E-state index in [1.54, 1.807) is 11.4 Å². The number of aromatic nitrogens is 2. The van der Waals surface area contributed by atoms with Crippen molar-refractivity contribution < 1.29 is 13.2 Å². The second-order valence-electron chi connectivity index (χ2n) is 3.85. The maximum Gasteiger partial charge on any atom is 0.391 e. The van der Waals surface area contributed by atoms with E-state index in [1.807, 2.05) is 0 Å². The van der Waals surface area contributed by atoms with E-state index in [2.05, 4.69) is 15.3 Å². The molecular weight excluding hydrogens is 287 g/mol. The second-order valence-corrected chi connectivity index (χ2v) is 5.08. The summed E-state index contributed by atoms with van der Waals surface area (Å²) >= 11 is 7.08. The molecule has 1 atom stereocenters. The number of nitrogens with zero attached hydrogens (tertiary/aromatic N) is 2. The highest BCUT2D eigenvalue weighted by Gasteiger charge is 2.30. The number of alkyl halides is 3. The quantitative estimate of drug-likeness (QED) is 0.866. The van der Waals surface area contributed by atoms with Gasteiger partial charge in [-0.2, -0.15) is 13.2 Å². The van der Waals surface area contributed by atoms with Crippen molar-refractivity contribution in [1.82, 2.24) is 9.97 Å². The number of rotatable bonds is 3. The van der Waals surface area contributed by atoms with Crippen molar-refractivity contribution in [1.29, 1.82) is 0 Å². The summed E-state index contributed by atoms with van der Waals surface area (Å²) in [7, 11) is 0. The minimum atomic E-state index is -4.21. The van der Waals surface area contributed by atoms with E-state index in [0.29, 0.717) is 16.0 Å². The molecule has 2 heterocycles. The Bertz CT molecular complexity index is 555. The van der Waals surface area contributed by atoms with Gasteiger partial charge in [0.05, 0.1) is 11.8 Å². The zero-order valence-corrected chi connectivity index (χ0v) is 10.8. The number of fused-ring (bicyclic) bond motifs is 1. The van der Waals surface area contributed by atoms with E-state index in [0.717, 1.165) is 0 Å². The third-order valence-corrected chi connectivity index (χ3v) is 3.19. The SMILES string of the molecule is CC(CC(F)(F)F)Nc1nc(Cl)nc2sccc12. The molecule has 0 aromatic carbocycles. The number of hydrogen-bond acceptors (Lipinski definition) is 4. The summed E-state index contributed by atoms with van der Waals surface area (Å²) in [6.45, 7) is 1.45. The van der Waals surface area contributed by atoms with Crippen LogP contribution in [0.15, 0.2) is 11.4 Å². The second kappa shape index (κ2) is 4.89. The summed E-state index contributed by atoms with van der Waals surface area (Å²) < 4.78 is 36.7. The van der Waals surface area contributed by atoms with E-state index in [4.69, 9.17) is 11.6 Å². The van der Waals surface area contributed by atoms with Crippen LogP contribution in [-0.2, 0) is 0 Å². The van der Waals surface area contributed by atoms with Crippen LogP contribution in [0.5, 0.6) is 0 Å². The molecule has 0 aliphatic rings. The lowest BCUT2D eigenvalue weighted by Crippen LogP contribution is -2.24. The Morgan fingerprint density at radius 1 is 1.44 bits per heavy atom. The Hall–Kier alpha value is -1.08. The van der Waals surface area contributed by atoms with Crippen LogP contribution in [-0.4, -0.2) is 22.2 Å². The number of anilines is 1. The van der Waals surface area contributed by atoms with Crippen molar-refractivity contribution in [2.75, 3.05) is 5.32 Å². The van der Waals surface area contributed by atoms with Gasteiger partial charge in [0.1, 0.15) is 10.6 Å². The molecule has 2 aromatic heterocycles. The summed E-state index contributed by atoms with van der Waals surface area (Å²) in [5.74, 6) is 0.336. The van der Waals surface area contributed by atoms with Crippen molar-refractivity contribution in [3.05, 3.63) is 16.7 Å². The molecule has 98 valence electrons. The highest BCUT2D eigenvalue weighted by Crippen LogP contribution is 2.28. The highest BCUT2D eigenvalue weighted by molar-refractivity contribution is 7.16. The normalized spacial score (nSPS) is 13.8. The van der Waals surface area contributed by atoms with Gasteiger partial charge in [-0.1, -0.05) is 0 Å². The smallest absolute Gasteiger partial charge is 0.367 e. The van der Waals surface area contributed by atoms with Gasteiger partial charge in [0.25, 0.3) is 0 Å². The van der Waals surface area contributed by atoms with E-state index < -0.39 is 18.6 Å². The summed E-state index contributed by atoms with van der Waals surface area (Å²) in [4.78, 5) is 8.56. The zero-order chi connectivity index (χ0) is 13.3. The summed E-state index contributed by atoms with van der Waals surface area (Å²) in [5.41, 5.74) is 0. The van der Waals surface area contributed by atoms with E-state index in [9.17, 15) is 13.2 Å². The minimum absolute atomic E-state index is 0.0201. The first-order chi connectivity index (χ1) is 8.35. The van der Waals surface area contributed by atoms with Crippen LogP contribution in [0.25, 0.3) is 10.2 Å². The van der Waals surface area contributed by atoms with Crippen LogP contribution in [0, 0.1) is 0 Å². The lowest BCUT2D eigenvalue weighted by molar-refractivity contribution is -0.136. The maximum atomic E-state index is 12.2. The molecule has 2 aromatic rings. The van der Waals surface area contributed by atoms with Gasteiger partial charge in [0.2, 0.25) is 5.28 Å². The Morgan fingerprint density at radius 3 is 2.83 bits per heavy atom. The molecule has 0 amide bonds. The van der Waals surface area contributed by atoms with Gasteiger partial charge in [-0.05, 0) is 30.0 Å². The third kappa shape index (κ3) is 3.23. The molecule has 0 spiro atoms. The Labute approximate surface area is 110 Å². The predicted octanol–water partition coefficient (Wildman–Crippen LogP) is 4.10. The first-order valence-corrected chi connectivity index (χ1v) is 6.35. The fourth-order valence-corrected chi connectivity index (χ4v) is 2.55. The van der Waals surface area contributed by atoms with Gasteiger partial charge in [-0.25, -0.2) is 9.97 Å². The number of nitrogens with one attached hydrogen (secondary N) is 1. The molecule has 0 fully saturated rings. The Morgan fingerprint density at radius 2 is 2.17 bits per heavy atom. The van der Waals surface area contributed by atoms with Crippen molar-refractivity contribution in [2.24, 2.45) is 0 Å². The fraction of sp³-hybridized carbons (Fsp3) is 0.400. The summed E-state index contributed by atoms with van der Waals surface area (Å²) in [5, 5.41) is 5.21. The predicted molar refractivity (Wildman–Crippen MR) is 66.2 cm³/mol. The zero-order valence-electron chi connectivity index (χ0n) is 9.25. The molecule has 0 aliphatic heterocycles. The molecule has 0 bridgehead atoms.